The molecular formula is C19H28N2O2S. The normalized spacial score (nSPS) is 28.7. The number of fused-ring (bicyclic) bond motifs is 1. The van der Waals surface area contributed by atoms with E-state index in [2.05, 4.69) is 21.7 Å². The van der Waals surface area contributed by atoms with E-state index >= 15 is 0 Å². The predicted octanol–water partition coefficient (Wildman–Crippen LogP) is 3.13. The Labute approximate surface area is 148 Å². The van der Waals surface area contributed by atoms with Gasteiger partial charge in [0.15, 0.2) is 0 Å². The van der Waals surface area contributed by atoms with Crippen LogP contribution in [0.25, 0.3) is 0 Å². The van der Waals surface area contributed by atoms with Crippen LogP contribution >= 0.6 is 11.3 Å². The number of amides is 1. The van der Waals surface area contributed by atoms with Crippen LogP contribution in [-0.2, 0) is 16.0 Å². The van der Waals surface area contributed by atoms with Gasteiger partial charge in [0.25, 0.3) is 0 Å². The third kappa shape index (κ3) is 3.53. The summed E-state index contributed by atoms with van der Waals surface area (Å²) in [5.74, 6) is 0.386. The Balaban J connectivity index is 1.27. The van der Waals surface area contributed by atoms with Gasteiger partial charge < -0.3 is 10.1 Å². The van der Waals surface area contributed by atoms with E-state index in [1.165, 1.54) is 42.5 Å². The van der Waals surface area contributed by atoms with Gasteiger partial charge in [-0.3, -0.25) is 9.69 Å². The summed E-state index contributed by atoms with van der Waals surface area (Å²) in [4.78, 5) is 16.6. The number of thiophene rings is 1. The Hall–Kier alpha value is -0.910. The molecule has 1 N–H and O–H groups in total. The van der Waals surface area contributed by atoms with Gasteiger partial charge >= 0.3 is 0 Å². The second-order valence-corrected chi connectivity index (χ2v) is 8.43. The van der Waals surface area contributed by atoms with Gasteiger partial charge in [-0.15, -0.1) is 11.3 Å². The summed E-state index contributed by atoms with van der Waals surface area (Å²) in [7, 11) is 0. The van der Waals surface area contributed by atoms with Crippen molar-refractivity contribution in [2.24, 2.45) is 5.92 Å². The Bertz CT molecular complexity index is 567. The number of hydrogen-bond acceptors (Lipinski definition) is 4. The largest absolute Gasteiger partial charge is 0.371 e. The highest BCUT2D eigenvalue weighted by Crippen LogP contribution is 2.31. The fourth-order valence-electron chi connectivity index (χ4n) is 4.51. The van der Waals surface area contributed by atoms with Gasteiger partial charge in [-0.2, -0.15) is 0 Å². The summed E-state index contributed by atoms with van der Waals surface area (Å²) in [6.45, 7) is 3.43. The molecule has 2 atom stereocenters. The maximum absolute atomic E-state index is 12.6. The molecule has 0 bridgehead atoms. The van der Waals surface area contributed by atoms with E-state index < -0.39 is 0 Å². The number of likely N-dealkylation sites (tertiary alicyclic amines) is 1. The summed E-state index contributed by atoms with van der Waals surface area (Å²) in [5.41, 5.74) is 1.28. The molecule has 1 aromatic heterocycles. The van der Waals surface area contributed by atoms with E-state index in [-0.39, 0.29) is 17.9 Å². The Morgan fingerprint density at radius 3 is 3.04 bits per heavy atom. The second-order valence-electron chi connectivity index (χ2n) is 7.43. The van der Waals surface area contributed by atoms with Crippen molar-refractivity contribution in [2.75, 3.05) is 26.2 Å². The van der Waals surface area contributed by atoms with Crippen LogP contribution in [-0.4, -0.2) is 43.1 Å². The molecule has 132 valence electrons. The molecule has 3 aliphatic rings. The lowest BCUT2D eigenvalue weighted by Gasteiger charge is -2.31. The zero-order valence-electron chi connectivity index (χ0n) is 14.3. The lowest BCUT2D eigenvalue weighted by atomic mass is 9.94. The first kappa shape index (κ1) is 16.6. The molecule has 3 heterocycles. The van der Waals surface area contributed by atoms with Gasteiger partial charge in [0.1, 0.15) is 6.10 Å². The third-order valence-corrected chi connectivity index (χ3v) is 6.91. The van der Waals surface area contributed by atoms with E-state index in [9.17, 15) is 4.79 Å². The van der Waals surface area contributed by atoms with Crippen LogP contribution in [0.1, 0.15) is 55.1 Å². The van der Waals surface area contributed by atoms with Crippen LogP contribution in [0.3, 0.4) is 0 Å². The number of nitrogens with one attached hydrogen (secondary N) is 1. The van der Waals surface area contributed by atoms with Gasteiger partial charge in [0, 0.05) is 30.4 Å². The van der Waals surface area contributed by atoms with Crippen LogP contribution < -0.4 is 5.32 Å². The first-order chi connectivity index (χ1) is 11.8. The molecule has 0 unspecified atom stereocenters. The van der Waals surface area contributed by atoms with Crippen molar-refractivity contribution in [3.05, 3.63) is 21.9 Å². The van der Waals surface area contributed by atoms with Crippen molar-refractivity contribution in [1.29, 1.82) is 0 Å². The van der Waals surface area contributed by atoms with Crippen molar-refractivity contribution in [3.8, 4) is 0 Å². The summed E-state index contributed by atoms with van der Waals surface area (Å²) in [6, 6.07) is 2.88. The summed E-state index contributed by atoms with van der Waals surface area (Å²) < 4.78 is 5.87. The van der Waals surface area contributed by atoms with Crippen LogP contribution in [0.15, 0.2) is 11.4 Å². The number of carbonyl (C=O) groups is 1. The highest BCUT2D eigenvalue weighted by atomic mass is 32.1. The van der Waals surface area contributed by atoms with Crippen LogP contribution in [0.2, 0.25) is 0 Å². The molecule has 4 rings (SSSR count). The Kier molecular flexibility index (Phi) is 5.20. The van der Waals surface area contributed by atoms with Crippen molar-refractivity contribution >= 4 is 17.2 Å². The fourth-order valence-corrected chi connectivity index (χ4v) is 5.43. The predicted molar refractivity (Wildman–Crippen MR) is 96.3 cm³/mol. The highest BCUT2D eigenvalue weighted by molar-refractivity contribution is 7.10. The molecule has 1 aromatic rings. The summed E-state index contributed by atoms with van der Waals surface area (Å²) >= 11 is 1.81. The molecule has 24 heavy (non-hydrogen) atoms. The molecule has 2 aliphatic heterocycles. The first-order valence-corrected chi connectivity index (χ1v) is 10.4. The molecule has 1 saturated heterocycles. The number of nitrogens with zero attached hydrogens (tertiary/aromatic N) is 1. The smallest absolute Gasteiger partial charge is 0.224 e. The van der Waals surface area contributed by atoms with Gasteiger partial charge in [-0.05, 0) is 42.8 Å². The Morgan fingerprint density at radius 2 is 2.17 bits per heavy atom. The van der Waals surface area contributed by atoms with Crippen LogP contribution in [0.5, 0.6) is 0 Å². The highest BCUT2D eigenvalue weighted by Gasteiger charge is 2.33. The fraction of sp³-hybridized carbons (Fsp3) is 0.737. The lowest BCUT2D eigenvalue weighted by Crippen LogP contribution is -2.39. The molecule has 1 aliphatic carbocycles. The SMILES string of the molecule is O=C(NC[C@@H]1OCCc2sccc21)[C@@H]1CCN(C2CCCCC2)C1. The standard InChI is InChI=1S/C19H28N2O2S/c22-19(14-6-9-21(13-14)15-4-2-1-3-5-15)20-12-17-16-8-11-24-18(16)7-10-23-17/h8,11,14-15,17H,1-7,9-10,12-13H2,(H,20,22)/t14-,17+/m1/s1. The average molecular weight is 349 g/mol. The molecule has 4 nitrogen and oxygen atoms in total. The second kappa shape index (κ2) is 7.54. The zero-order chi connectivity index (χ0) is 16.4. The third-order valence-electron chi connectivity index (χ3n) is 5.92. The van der Waals surface area contributed by atoms with E-state index in [0.29, 0.717) is 6.54 Å². The molecule has 0 aromatic carbocycles. The first-order valence-electron chi connectivity index (χ1n) is 9.51. The van der Waals surface area contributed by atoms with E-state index in [0.717, 1.165) is 38.6 Å². The van der Waals surface area contributed by atoms with Gasteiger partial charge in [0.2, 0.25) is 5.91 Å². The lowest BCUT2D eigenvalue weighted by molar-refractivity contribution is -0.125. The topological polar surface area (TPSA) is 41.6 Å². The van der Waals surface area contributed by atoms with Crippen molar-refractivity contribution in [2.45, 2.75) is 57.1 Å². The molecule has 2 fully saturated rings. The van der Waals surface area contributed by atoms with Crippen molar-refractivity contribution in [1.82, 2.24) is 10.2 Å². The molecule has 0 spiro atoms. The molecule has 1 saturated carbocycles. The van der Waals surface area contributed by atoms with Gasteiger partial charge in [0.05, 0.1) is 12.5 Å². The van der Waals surface area contributed by atoms with Gasteiger partial charge in [-0.1, -0.05) is 19.3 Å². The number of carbonyl (C=O) groups excluding carboxylic acids is 1. The monoisotopic (exact) mass is 348 g/mol. The molecule has 5 heteroatoms. The summed E-state index contributed by atoms with van der Waals surface area (Å²) in [6.07, 6.45) is 8.82. The van der Waals surface area contributed by atoms with Crippen molar-refractivity contribution < 1.29 is 9.53 Å². The zero-order valence-corrected chi connectivity index (χ0v) is 15.2. The van der Waals surface area contributed by atoms with E-state index in [4.69, 9.17) is 4.74 Å². The molecule has 1 amide bonds. The van der Waals surface area contributed by atoms with E-state index in [1.54, 1.807) is 11.3 Å². The molecular weight excluding hydrogens is 320 g/mol. The minimum atomic E-state index is 0.0415. The maximum atomic E-state index is 12.6. The maximum Gasteiger partial charge on any atom is 0.224 e. The van der Waals surface area contributed by atoms with Crippen LogP contribution in [0, 0.1) is 5.92 Å². The quantitative estimate of drug-likeness (QED) is 0.909. The number of hydrogen-bond donors (Lipinski definition) is 1. The minimum absolute atomic E-state index is 0.0415. The van der Waals surface area contributed by atoms with Gasteiger partial charge in [-0.25, -0.2) is 0 Å². The average Bonchev–Trinajstić information content (AvgIpc) is 3.30. The molecule has 0 radical (unpaired) electrons. The summed E-state index contributed by atoms with van der Waals surface area (Å²) in [5, 5.41) is 5.29. The minimum Gasteiger partial charge on any atom is -0.371 e. The number of rotatable bonds is 4. The van der Waals surface area contributed by atoms with Crippen LogP contribution in [0.4, 0.5) is 0 Å². The van der Waals surface area contributed by atoms with E-state index in [1.807, 2.05) is 0 Å². The Morgan fingerprint density at radius 1 is 1.29 bits per heavy atom. The number of ether oxygens (including phenoxy) is 1. The van der Waals surface area contributed by atoms with Crippen molar-refractivity contribution in [3.63, 3.8) is 0 Å².